The van der Waals surface area contributed by atoms with Crippen LogP contribution in [0.1, 0.15) is 12.8 Å². The maximum atomic E-state index is 11.4. The van der Waals surface area contributed by atoms with Gasteiger partial charge in [0.1, 0.15) is 0 Å². The van der Waals surface area contributed by atoms with Gasteiger partial charge in [0, 0.05) is 25.6 Å². The van der Waals surface area contributed by atoms with Crippen molar-refractivity contribution in [3.8, 4) is 0 Å². The van der Waals surface area contributed by atoms with E-state index in [2.05, 4.69) is 95.6 Å². The summed E-state index contributed by atoms with van der Waals surface area (Å²) >= 11 is 20.5. The van der Waals surface area contributed by atoms with E-state index < -0.39 is 13.4 Å². The second-order valence-electron chi connectivity index (χ2n) is 4.18. The molecule has 0 amide bonds. The van der Waals surface area contributed by atoms with Gasteiger partial charge >= 0.3 is 7.82 Å². The Balaban J connectivity index is 5.43. The van der Waals surface area contributed by atoms with E-state index in [-0.39, 0.29) is 14.5 Å². The van der Waals surface area contributed by atoms with Crippen molar-refractivity contribution in [2.75, 3.05) is 16.0 Å². The fourth-order valence-corrected chi connectivity index (χ4v) is 5.21. The third-order valence-corrected chi connectivity index (χ3v) is 10.3. The van der Waals surface area contributed by atoms with E-state index in [0.29, 0.717) is 28.8 Å². The third-order valence-electron chi connectivity index (χ3n) is 2.48. The summed E-state index contributed by atoms with van der Waals surface area (Å²) in [5.74, 6) is 0. The van der Waals surface area contributed by atoms with Gasteiger partial charge in [-0.25, -0.2) is 4.57 Å². The molecule has 0 saturated carbocycles. The Morgan fingerprint density at radius 1 is 0.950 bits per heavy atom. The van der Waals surface area contributed by atoms with Crippen molar-refractivity contribution in [1.29, 1.82) is 0 Å². The van der Waals surface area contributed by atoms with E-state index in [1.54, 1.807) is 0 Å². The van der Waals surface area contributed by atoms with Gasteiger partial charge in [-0.1, -0.05) is 95.6 Å². The zero-order valence-corrected chi connectivity index (χ0v) is 20.6. The highest BCUT2D eigenvalue weighted by molar-refractivity contribution is 9.12. The van der Waals surface area contributed by atoms with Gasteiger partial charge in [-0.2, -0.15) is 0 Å². The van der Waals surface area contributed by atoms with Gasteiger partial charge < -0.3 is 9.79 Å². The predicted molar refractivity (Wildman–Crippen MR) is 105 cm³/mol. The summed E-state index contributed by atoms with van der Waals surface area (Å²) in [4.78, 5) is 18.3. The van der Waals surface area contributed by atoms with E-state index in [4.69, 9.17) is 4.52 Å². The number of phosphoric ester groups is 1. The molecule has 122 valence electrons. The summed E-state index contributed by atoms with van der Waals surface area (Å²) in [7, 11) is -4.61. The minimum Gasteiger partial charge on any atom is -0.303 e. The Morgan fingerprint density at radius 2 is 1.35 bits per heavy atom. The molecule has 0 fully saturated rings. The molecule has 0 radical (unpaired) electrons. The largest absolute Gasteiger partial charge is 0.470 e. The Kier molecular flexibility index (Phi) is 12.4. The summed E-state index contributed by atoms with van der Waals surface area (Å²) in [5, 5.41) is 1.82. The smallest absolute Gasteiger partial charge is 0.303 e. The van der Waals surface area contributed by atoms with Crippen LogP contribution in [0.5, 0.6) is 0 Å². The van der Waals surface area contributed by atoms with E-state index >= 15 is 0 Å². The van der Waals surface area contributed by atoms with Crippen LogP contribution in [0.3, 0.4) is 0 Å². The van der Waals surface area contributed by atoms with Crippen LogP contribution in [0, 0.1) is 0 Å². The molecule has 4 nitrogen and oxygen atoms in total. The summed E-state index contributed by atoms with van der Waals surface area (Å²) in [6.07, 6.45) is 0.889. The molecule has 0 heterocycles. The van der Waals surface area contributed by atoms with Crippen LogP contribution in [-0.2, 0) is 9.09 Å². The van der Waals surface area contributed by atoms with Crippen LogP contribution in [0.2, 0.25) is 0 Å². The molecule has 0 rings (SSSR count). The molecular weight excluding hydrogens is 682 g/mol. The van der Waals surface area contributed by atoms with Crippen molar-refractivity contribution < 1.29 is 18.9 Å². The highest BCUT2D eigenvalue weighted by atomic mass is 79.9. The summed E-state index contributed by atoms with van der Waals surface area (Å²) in [5.41, 5.74) is -1.01. The van der Waals surface area contributed by atoms with Crippen LogP contribution >= 0.6 is 103 Å². The molecular formula is C9H15Br6O4P. The Morgan fingerprint density at radius 3 is 1.60 bits per heavy atom. The van der Waals surface area contributed by atoms with Crippen molar-refractivity contribution in [3.05, 3.63) is 0 Å². The van der Waals surface area contributed by atoms with Crippen molar-refractivity contribution in [2.24, 2.45) is 0 Å². The van der Waals surface area contributed by atoms with Crippen molar-refractivity contribution in [2.45, 2.75) is 32.9 Å². The van der Waals surface area contributed by atoms with Gasteiger partial charge in [-0.05, 0) is 12.8 Å². The van der Waals surface area contributed by atoms with Gasteiger partial charge in [0.25, 0.3) is 0 Å². The van der Waals surface area contributed by atoms with Gasteiger partial charge in [0.15, 0.2) is 0 Å². The SMILES string of the molecule is O=P(O)(O)OC(CC(Br)CBr)(CC(Br)CBr)C(Br)CBr. The average Bonchev–Trinajstić information content (AvgIpc) is 2.34. The number of halogens is 6. The molecule has 3 atom stereocenters. The van der Waals surface area contributed by atoms with Crippen molar-refractivity contribution >= 4 is 103 Å². The number of rotatable bonds is 10. The molecule has 0 aliphatic heterocycles. The van der Waals surface area contributed by atoms with Gasteiger partial charge in [-0.3, -0.25) is 4.52 Å². The summed E-state index contributed by atoms with van der Waals surface area (Å²) in [6.45, 7) is 0. The molecule has 2 N–H and O–H groups in total. The zero-order valence-electron chi connectivity index (χ0n) is 10.2. The zero-order chi connectivity index (χ0) is 16.0. The van der Waals surface area contributed by atoms with E-state index in [0.717, 1.165) is 0 Å². The van der Waals surface area contributed by atoms with Crippen LogP contribution in [0.25, 0.3) is 0 Å². The number of alkyl halides is 6. The van der Waals surface area contributed by atoms with Crippen LogP contribution in [0.15, 0.2) is 0 Å². The normalized spacial score (nSPS) is 20.2. The first-order valence-electron chi connectivity index (χ1n) is 5.46. The highest BCUT2D eigenvalue weighted by Crippen LogP contribution is 2.49. The van der Waals surface area contributed by atoms with Crippen LogP contribution in [0.4, 0.5) is 0 Å². The topological polar surface area (TPSA) is 66.8 Å². The quantitative estimate of drug-likeness (QED) is 0.247. The molecule has 0 aromatic rings. The molecule has 0 aromatic carbocycles. The van der Waals surface area contributed by atoms with Gasteiger partial charge in [0.05, 0.1) is 10.4 Å². The Hall–Kier alpha value is 2.99. The minimum absolute atomic E-state index is 0.0307. The second-order valence-corrected chi connectivity index (χ2v) is 11.0. The fourth-order valence-electron chi connectivity index (χ4n) is 1.71. The fraction of sp³-hybridized carbons (Fsp3) is 1.00. The van der Waals surface area contributed by atoms with Crippen LogP contribution in [-0.4, -0.2) is 45.9 Å². The first kappa shape index (κ1) is 23.0. The monoisotopic (exact) mass is 692 g/mol. The second kappa shape index (κ2) is 10.8. The molecule has 20 heavy (non-hydrogen) atoms. The Bertz CT molecular complexity index is 316. The summed E-state index contributed by atoms with van der Waals surface area (Å²) in [6, 6.07) is 0. The third kappa shape index (κ3) is 8.73. The number of hydrogen-bond donors (Lipinski definition) is 2. The molecule has 0 aromatic heterocycles. The van der Waals surface area contributed by atoms with Crippen molar-refractivity contribution in [3.63, 3.8) is 0 Å². The number of phosphoric acid groups is 1. The average molecular weight is 698 g/mol. The molecule has 11 heteroatoms. The first-order chi connectivity index (χ1) is 9.10. The molecule has 0 bridgehead atoms. The standard InChI is InChI=1S/C9H15Br6O4P/c10-3-6(13)1-9(8(15)5-12,2-7(14)4-11)19-20(16,17)18/h6-8H,1-5H2,(H2,16,17,18). The van der Waals surface area contributed by atoms with Gasteiger partial charge in [-0.15, -0.1) is 0 Å². The lowest BCUT2D eigenvalue weighted by Gasteiger charge is -2.39. The Labute approximate surface area is 169 Å². The molecule has 0 aliphatic rings. The molecule has 0 spiro atoms. The minimum atomic E-state index is -4.61. The maximum Gasteiger partial charge on any atom is 0.470 e. The lowest BCUT2D eigenvalue weighted by atomic mass is 9.90. The maximum absolute atomic E-state index is 11.4. The van der Waals surface area contributed by atoms with Crippen LogP contribution < -0.4 is 0 Å². The lowest BCUT2D eigenvalue weighted by Crippen LogP contribution is -2.46. The van der Waals surface area contributed by atoms with Gasteiger partial charge in [0.2, 0.25) is 0 Å². The van der Waals surface area contributed by atoms with E-state index in [1.165, 1.54) is 0 Å². The van der Waals surface area contributed by atoms with Crippen molar-refractivity contribution in [1.82, 2.24) is 0 Å². The predicted octanol–water partition coefficient (Wildman–Crippen LogP) is 5.09. The number of hydrogen-bond acceptors (Lipinski definition) is 2. The molecule has 0 aliphatic carbocycles. The molecule has 3 unspecified atom stereocenters. The highest BCUT2D eigenvalue weighted by Gasteiger charge is 2.45. The lowest BCUT2D eigenvalue weighted by molar-refractivity contribution is 0.0252. The molecule has 0 saturated heterocycles. The first-order valence-corrected chi connectivity index (χ1v) is 13.1. The van der Waals surface area contributed by atoms with E-state index in [9.17, 15) is 14.4 Å². The summed E-state index contributed by atoms with van der Waals surface area (Å²) < 4.78 is 16.6. The van der Waals surface area contributed by atoms with E-state index in [1.807, 2.05) is 0 Å².